The van der Waals surface area contributed by atoms with Gasteiger partial charge in [-0.2, -0.15) is 0 Å². The lowest BCUT2D eigenvalue weighted by molar-refractivity contribution is 0.648. The van der Waals surface area contributed by atoms with Crippen LogP contribution in [-0.4, -0.2) is 27.2 Å². The number of aliphatic imine (C=N–C) groups is 1. The topological polar surface area (TPSA) is 67.5 Å². The number of nitrogens with two attached hydrogens (primary N) is 1. The highest BCUT2D eigenvalue weighted by molar-refractivity contribution is 14.0. The van der Waals surface area contributed by atoms with Crippen LogP contribution in [0, 0.1) is 6.92 Å². The lowest BCUT2D eigenvalue weighted by Crippen LogP contribution is -2.27. The van der Waals surface area contributed by atoms with E-state index in [1.165, 1.54) is 0 Å². The number of hydrogen-bond donors (Lipinski definition) is 2. The summed E-state index contributed by atoms with van der Waals surface area (Å²) in [4.78, 5) is 4.19. The Morgan fingerprint density at radius 3 is 2.60 bits per heavy atom. The molecule has 0 radical (unpaired) electrons. The molecule has 0 aliphatic rings. The van der Waals surface area contributed by atoms with Crippen molar-refractivity contribution in [2.24, 2.45) is 10.7 Å². The quantitative estimate of drug-likeness (QED) is 0.457. The van der Waals surface area contributed by atoms with Crippen molar-refractivity contribution in [2.45, 2.75) is 32.4 Å². The predicted octanol–water partition coefficient (Wildman–Crippen LogP) is 2.89. The minimum atomic E-state index is -0.894. The van der Waals surface area contributed by atoms with Gasteiger partial charge in [0.2, 0.25) is 0 Å². The third-order valence-corrected chi connectivity index (χ3v) is 4.45. The monoisotopic (exact) mass is 409 g/mol. The first-order valence-electron chi connectivity index (χ1n) is 6.31. The predicted molar refractivity (Wildman–Crippen MR) is 99.5 cm³/mol. The number of hydrogen-bond acceptors (Lipinski definition) is 2. The van der Waals surface area contributed by atoms with Crippen LogP contribution in [0.1, 0.15) is 26.3 Å². The maximum atomic E-state index is 11.8. The van der Waals surface area contributed by atoms with E-state index in [1.807, 2.05) is 52.0 Å². The molecule has 0 fully saturated rings. The molecule has 0 bridgehead atoms. The molecular formula is C14H24IN3OS. The normalized spacial score (nSPS) is 13.5. The summed E-state index contributed by atoms with van der Waals surface area (Å²) in [5.74, 6) is 0.885. The van der Waals surface area contributed by atoms with Crippen LogP contribution in [0.15, 0.2) is 29.3 Å². The molecule has 1 atom stereocenters. The molecule has 1 aromatic carbocycles. The van der Waals surface area contributed by atoms with E-state index in [9.17, 15) is 4.21 Å². The molecule has 20 heavy (non-hydrogen) atoms. The molecule has 1 aromatic rings. The summed E-state index contributed by atoms with van der Waals surface area (Å²) in [6, 6.07) is 7.91. The first-order chi connectivity index (χ1) is 8.79. The zero-order valence-corrected chi connectivity index (χ0v) is 15.6. The standard InChI is InChI=1S/C14H23N3OS.HI/c1-11-6-5-7-12(10-11)17-13(15)16-8-9-19(18)14(2,3)4;/h5-7,10H,8-9H2,1-4H3,(H3,15,16,17);1H. The second kappa shape index (κ2) is 8.61. The number of anilines is 1. The van der Waals surface area contributed by atoms with Crippen molar-refractivity contribution in [3.8, 4) is 0 Å². The van der Waals surface area contributed by atoms with Crippen LogP contribution >= 0.6 is 24.0 Å². The van der Waals surface area contributed by atoms with Crippen LogP contribution in [0.4, 0.5) is 5.69 Å². The third kappa shape index (κ3) is 7.23. The first kappa shape index (κ1) is 19.4. The Labute approximate surface area is 141 Å². The molecule has 1 unspecified atom stereocenters. The summed E-state index contributed by atoms with van der Waals surface area (Å²) >= 11 is 0. The van der Waals surface area contributed by atoms with Crippen LogP contribution in [-0.2, 0) is 10.8 Å². The minimum absolute atomic E-state index is 0. The zero-order chi connectivity index (χ0) is 14.5. The average molecular weight is 409 g/mol. The van der Waals surface area contributed by atoms with E-state index in [-0.39, 0.29) is 28.7 Å². The Kier molecular flexibility index (Phi) is 8.34. The maximum Gasteiger partial charge on any atom is 0.193 e. The molecule has 0 heterocycles. The van der Waals surface area contributed by atoms with Crippen molar-refractivity contribution in [1.29, 1.82) is 0 Å². The number of guanidine groups is 1. The number of rotatable bonds is 4. The van der Waals surface area contributed by atoms with E-state index in [0.717, 1.165) is 11.3 Å². The van der Waals surface area contributed by atoms with Gasteiger partial charge in [-0.1, -0.05) is 12.1 Å². The minimum Gasteiger partial charge on any atom is -0.370 e. The van der Waals surface area contributed by atoms with Gasteiger partial charge >= 0.3 is 0 Å². The SMILES string of the molecule is Cc1cccc(NC(N)=NCCS(=O)C(C)(C)C)c1.I. The van der Waals surface area contributed by atoms with Crippen molar-refractivity contribution in [1.82, 2.24) is 0 Å². The second-order valence-corrected chi connectivity index (χ2v) is 7.75. The summed E-state index contributed by atoms with van der Waals surface area (Å²) in [6.45, 7) is 8.36. The lowest BCUT2D eigenvalue weighted by Gasteiger charge is -2.16. The Hall–Kier alpha value is -0.630. The van der Waals surface area contributed by atoms with E-state index < -0.39 is 10.8 Å². The van der Waals surface area contributed by atoms with Gasteiger partial charge in [-0.25, -0.2) is 0 Å². The van der Waals surface area contributed by atoms with Crippen LogP contribution in [0.3, 0.4) is 0 Å². The van der Waals surface area contributed by atoms with E-state index in [2.05, 4.69) is 10.3 Å². The van der Waals surface area contributed by atoms with E-state index in [4.69, 9.17) is 5.73 Å². The number of aryl methyl sites for hydroxylation is 1. The molecule has 0 aromatic heterocycles. The number of benzene rings is 1. The summed E-state index contributed by atoms with van der Waals surface area (Å²) in [5.41, 5.74) is 7.86. The van der Waals surface area contributed by atoms with Crippen LogP contribution in [0.5, 0.6) is 0 Å². The number of nitrogens with zero attached hydrogens (tertiary/aromatic N) is 1. The molecule has 1 rings (SSSR count). The average Bonchev–Trinajstić information content (AvgIpc) is 2.27. The molecule has 3 N–H and O–H groups in total. The van der Waals surface area contributed by atoms with Gasteiger partial charge in [-0.3, -0.25) is 9.20 Å². The van der Waals surface area contributed by atoms with Crippen LogP contribution in [0.25, 0.3) is 0 Å². The van der Waals surface area contributed by atoms with Crippen molar-refractivity contribution in [3.05, 3.63) is 29.8 Å². The Morgan fingerprint density at radius 1 is 1.40 bits per heavy atom. The van der Waals surface area contributed by atoms with Crippen molar-refractivity contribution in [2.75, 3.05) is 17.6 Å². The summed E-state index contributed by atoms with van der Waals surface area (Å²) < 4.78 is 11.6. The maximum absolute atomic E-state index is 11.8. The molecule has 6 heteroatoms. The molecule has 0 aliphatic heterocycles. The fourth-order valence-electron chi connectivity index (χ4n) is 1.47. The highest BCUT2D eigenvalue weighted by atomic mass is 127. The Morgan fingerprint density at radius 2 is 2.05 bits per heavy atom. The molecule has 0 amide bonds. The van der Waals surface area contributed by atoms with Gasteiger partial charge in [-0.15, -0.1) is 24.0 Å². The molecule has 114 valence electrons. The molecule has 4 nitrogen and oxygen atoms in total. The Balaban J connectivity index is 0.00000361. The fraction of sp³-hybridized carbons (Fsp3) is 0.500. The highest BCUT2D eigenvalue weighted by Gasteiger charge is 2.18. The summed E-state index contributed by atoms with van der Waals surface area (Å²) in [6.07, 6.45) is 0. The highest BCUT2D eigenvalue weighted by Crippen LogP contribution is 2.11. The summed E-state index contributed by atoms with van der Waals surface area (Å²) in [5, 5.41) is 3.02. The van der Waals surface area contributed by atoms with Gasteiger partial charge in [0.25, 0.3) is 0 Å². The van der Waals surface area contributed by atoms with Gasteiger partial charge in [0.1, 0.15) is 0 Å². The van der Waals surface area contributed by atoms with Gasteiger partial charge in [0, 0.05) is 27.0 Å². The second-order valence-electron chi connectivity index (χ2n) is 5.42. The van der Waals surface area contributed by atoms with Crippen LogP contribution < -0.4 is 11.1 Å². The largest absolute Gasteiger partial charge is 0.370 e. The van der Waals surface area contributed by atoms with Gasteiger partial charge in [0.15, 0.2) is 5.96 Å². The van der Waals surface area contributed by atoms with Gasteiger partial charge < -0.3 is 11.1 Å². The molecule has 0 aliphatic carbocycles. The third-order valence-electron chi connectivity index (χ3n) is 2.53. The fourth-order valence-corrected chi connectivity index (χ4v) is 2.33. The van der Waals surface area contributed by atoms with E-state index in [0.29, 0.717) is 18.3 Å². The first-order valence-corrected chi connectivity index (χ1v) is 7.63. The van der Waals surface area contributed by atoms with E-state index >= 15 is 0 Å². The van der Waals surface area contributed by atoms with Crippen molar-refractivity contribution in [3.63, 3.8) is 0 Å². The van der Waals surface area contributed by atoms with E-state index in [1.54, 1.807) is 0 Å². The molecule has 0 spiro atoms. The van der Waals surface area contributed by atoms with Gasteiger partial charge in [0.05, 0.1) is 6.54 Å². The number of nitrogens with one attached hydrogen (secondary N) is 1. The van der Waals surface area contributed by atoms with Crippen LogP contribution in [0.2, 0.25) is 0 Å². The smallest absolute Gasteiger partial charge is 0.193 e. The zero-order valence-electron chi connectivity index (χ0n) is 12.5. The van der Waals surface area contributed by atoms with Crippen molar-refractivity contribution >= 4 is 46.4 Å². The molecule has 0 saturated heterocycles. The Bertz CT molecular complexity index is 484. The molecular weight excluding hydrogens is 385 g/mol. The summed E-state index contributed by atoms with van der Waals surface area (Å²) in [7, 11) is -0.894. The molecule has 0 saturated carbocycles. The number of halogens is 1. The van der Waals surface area contributed by atoms with Crippen molar-refractivity contribution < 1.29 is 4.21 Å². The lowest BCUT2D eigenvalue weighted by atomic mass is 10.2. The van der Waals surface area contributed by atoms with Gasteiger partial charge in [-0.05, 0) is 45.4 Å².